The van der Waals surface area contributed by atoms with Crippen molar-refractivity contribution in [3.05, 3.63) is 35.2 Å². The Morgan fingerprint density at radius 3 is 2.67 bits per heavy atom. The summed E-state index contributed by atoms with van der Waals surface area (Å²) in [5.41, 5.74) is 1.37. The molecule has 3 N–H and O–H groups in total. The van der Waals surface area contributed by atoms with Crippen LogP contribution in [-0.2, 0) is 4.84 Å². The standard InChI is InChI=1S/C20H22N4O6/c1-5-21-20(27)18-17(16-6-11(23-29-16)9-22-28-4)19(30-24-18)13-7-12(10(2)3)14(25)8-15(13)26/h6-10,25-26H,5H2,1-4H3,(H,21,27)/b22-9+. The number of amides is 1. The second-order valence-electron chi connectivity index (χ2n) is 6.71. The van der Waals surface area contributed by atoms with Crippen LogP contribution in [0.5, 0.6) is 11.5 Å². The Kier molecular flexibility index (Phi) is 6.05. The zero-order valence-corrected chi connectivity index (χ0v) is 17.0. The van der Waals surface area contributed by atoms with Gasteiger partial charge < -0.3 is 29.4 Å². The summed E-state index contributed by atoms with van der Waals surface area (Å²) in [5, 5.41) is 34.6. The lowest BCUT2D eigenvalue weighted by Crippen LogP contribution is -2.23. The summed E-state index contributed by atoms with van der Waals surface area (Å²) < 4.78 is 10.8. The molecule has 158 valence electrons. The number of hydrogen-bond donors (Lipinski definition) is 3. The van der Waals surface area contributed by atoms with Crippen molar-refractivity contribution in [2.45, 2.75) is 26.7 Å². The average Bonchev–Trinajstić information content (AvgIpc) is 3.33. The van der Waals surface area contributed by atoms with E-state index in [1.54, 1.807) is 13.0 Å². The smallest absolute Gasteiger partial charge is 0.274 e. The maximum atomic E-state index is 12.5. The van der Waals surface area contributed by atoms with Crippen LogP contribution in [-0.4, -0.2) is 46.3 Å². The number of benzene rings is 1. The van der Waals surface area contributed by atoms with Crippen molar-refractivity contribution < 1.29 is 28.9 Å². The maximum Gasteiger partial charge on any atom is 0.274 e. The van der Waals surface area contributed by atoms with E-state index in [4.69, 9.17) is 9.05 Å². The monoisotopic (exact) mass is 414 g/mol. The van der Waals surface area contributed by atoms with Crippen molar-refractivity contribution in [3.8, 4) is 34.1 Å². The summed E-state index contributed by atoms with van der Waals surface area (Å²) in [4.78, 5) is 17.2. The van der Waals surface area contributed by atoms with Crippen LogP contribution in [0.4, 0.5) is 0 Å². The molecule has 0 aliphatic heterocycles. The van der Waals surface area contributed by atoms with Gasteiger partial charge in [-0.25, -0.2) is 0 Å². The number of phenolic OH excluding ortho intramolecular Hbond substituents is 2. The Balaban J connectivity index is 2.22. The first-order valence-corrected chi connectivity index (χ1v) is 9.25. The number of phenols is 2. The molecule has 1 aromatic carbocycles. The van der Waals surface area contributed by atoms with E-state index in [0.717, 1.165) is 0 Å². The largest absolute Gasteiger partial charge is 0.508 e. The molecule has 1 amide bonds. The third-order valence-electron chi connectivity index (χ3n) is 4.32. The number of rotatable bonds is 7. The van der Waals surface area contributed by atoms with Crippen LogP contribution in [0, 0.1) is 0 Å². The van der Waals surface area contributed by atoms with E-state index >= 15 is 0 Å². The second-order valence-corrected chi connectivity index (χ2v) is 6.71. The van der Waals surface area contributed by atoms with Gasteiger partial charge in [0.1, 0.15) is 29.9 Å². The fourth-order valence-electron chi connectivity index (χ4n) is 2.91. The summed E-state index contributed by atoms with van der Waals surface area (Å²) in [5.74, 6) is -0.508. The maximum absolute atomic E-state index is 12.5. The fraction of sp³-hybridized carbons (Fsp3) is 0.300. The highest BCUT2D eigenvalue weighted by Gasteiger charge is 2.29. The van der Waals surface area contributed by atoms with E-state index in [-0.39, 0.29) is 45.8 Å². The lowest BCUT2D eigenvalue weighted by Gasteiger charge is -2.11. The molecule has 0 aliphatic carbocycles. The molecule has 30 heavy (non-hydrogen) atoms. The van der Waals surface area contributed by atoms with Crippen LogP contribution < -0.4 is 5.32 Å². The van der Waals surface area contributed by atoms with Crippen LogP contribution in [0.3, 0.4) is 0 Å². The summed E-state index contributed by atoms with van der Waals surface area (Å²) >= 11 is 0. The number of carbonyl (C=O) groups is 1. The van der Waals surface area contributed by atoms with Crippen molar-refractivity contribution in [1.82, 2.24) is 15.6 Å². The molecular weight excluding hydrogens is 392 g/mol. The van der Waals surface area contributed by atoms with Crippen LogP contribution in [0.25, 0.3) is 22.6 Å². The highest BCUT2D eigenvalue weighted by molar-refractivity contribution is 6.02. The summed E-state index contributed by atoms with van der Waals surface area (Å²) in [7, 11) is 1.39. The van der Waals surface area contributed by atoms with E-state index in [1.807, 2.05) is 13.8 Å². The Morgan fingerprint density at radius 1 is 1.23 bits per heavy atom. The first-order valence-electron chi connectivity index (χ1n) is 9.25. The quantitative estimate of drug-likeness (QED) is 0.395. The van der Waals surface area contributed by atoms with Gasteiger partial charge in [0.2, 0.25) is 0 Å². The average molecular weight is 414 g/mol. The first kappa shape index (κ1) is 20.9. The number of oxime groups is 1. The number of carbonyl (C=O) groups excluding carboxylic acids is 1. The second kappa shape index (κ2) is 8.68. The SMILES string of the molecule is CCNC(=O)c1noc(-c2cc(C(C)C)c(O)cc2O)c1-c1cc(/C=N/OC)no1. The summed E-state index contributed by atoms with van der Waals surface area (Å²) in [6.07, 6.45) is 1.33. The molecule has 2 aromatic heterocycles. The Morgan fingerprint density at radius 2 is 2.00 bits per heavy atom. The van der Waals surface area contributed by atoms with Crippen molar-refractivity contribution in [3.63, 3.8) is 0 Å². The topological polar surface area (TPSA) is 143 Å². The zero-order valence-electron chi connectivity index (χ0n) is 17.0. The normalized spacial score (nSPS) is 11.4. The molecule has 3 aromatic rings. The molecule has 0 fully saturated rings. The Hall–Kier alpha value is -3.82. The molecule has 0 atom stereocenters. The molecule has 3 rings (SSSR count). The van der Waals surface area contributed by atoms with Gasteiger partial charge in [0.25, 0.3) is 5.91 Å². The number of aromatic hydroxyl groups is 2. The summed E-state index contributed by atoms with van der Waals surface area (Å²) in [6.45, 7) is 5.95. The van der Waals surface area contributed by atoms with Crippen molar-refractivity contribution in [1.29, 1.82) is 0 Å². The van der Waals surface area contributed by atoms with E-state index in [9.17, 15) is 15.0 Å². The third-order valence-corrected chi connectivity index (χ3v) is 4.32. The number of aromatic nitrogens is 2. The van der Waals surface area contributed by atoms with E-state index < -0.39 is 5.91 Å². The fourth-order valence-corrected chi connectivity index (χ4v) is 2.91. The number of hydrogen-bond acceptors (Lipinski definition) is 9. The molecule has 0 unspecified atom stereocenters. The highest BCUT2D eigenvalue weighted by Crippen LogP contribution is 2.43. The van der Waals surface area contributed by atoms with Gasteiger partial charge in [-0.05, 0) is 24.5 Å². The molecule has 0 aliphatic rings. The summed E-state index contributed by atoms with van der Waals surface area (Å²) in [6, 6.07) is 4.34. The van der Waals surface area contributed by atoms with Crippen molar-refractivity contribution in [2.75, 3.05) is 13.7 Å². The van der Waals surface area contributed by atoms with E-state index in [1.165, 1.54) is 25.5 Å². The molecule has 0 saturated heterocycles. The number of nitrogens with zero attached hydrogens (tertiary/aromatic N) is 3. The van der Waals surface area contributed by atoms with Crippen LogP contribution in [0.15, 0.2) is 32.4 Å². The van der Waals surface area contributed by atoms with Gasteiger partial charge in [-0.2, -0.15) is 0 Å². The minimum absolute atomic E-state index is 0.0271. The van der Waals surface area contributed by atoms with Gasteiger partial charge in [-0.3, -0.25) is 4.79 Å². The highest BCUT2D eigenvalue weighted by atomic mass is 16.6. The van der Waals surface area contributed by atoms with Crippen LogP contribution >= 0.6 is 0 Å². The van der Waals surface area contributed by atoms with Gasteiger partial charge in [-0.15, -0.1) is 0 Å². The Labute approximate surface area is 172 Å². The van der Waals surface area contributed by atoms with Crippen molar-refractivity contribution >= 4 is 12.1 Å². The molecule has 10 nitrogen and oxygen atoms in total. The third kappa shape index (κ3) is 3.97. The predicted molar refractivity (Wildman–Crippen MR) is 107 cm³/mol. The van der Waals surface area contributed by atoms with Gasteiger partial charge in [0, 0.05) is 18.7 Å². The molecule has 2 heterocycles. The molecule has 0 saturated carbocycles. The molecule has 0 spiro atoms. The zero-order chi connectivity index (χ0) is 21.8. The van der Waals surface area contributed by atoms with Gasteiger partial charge in [-0.1, -0.05) is 29.3 Å². The van der Waals surface area contributed by atoms with Crippen LogP contribution in [0.2, 0.25) is 0 Å². The van der Waals surface area contributed by atoms with Gasteiger partial charge in [0.05, 0.1) is 11.8 Å². The first-order chi connectivity index (χ1) is 14.4. The molecule has 0 radical (unpaired) electrons. The van der Waals surface area contributed by atoms with E-state index in [0.29, 0.717) is 17.8 Å². The Bertz CT molecular complexity index is 1080. The number of nitrogens with one attached hydrogen (secondary N) is 1. The predicted octanol–water partition coefficient (Wildman–Crippen LogP) is 3.26. The lowest BCUT2D eigenvalue weighted by atomic mass is 9.95. The minimum atomic E-state index is -0.478. The van der Waals surface area contributed by atoms with Gasteiger partial charge >= 0.3 is 0 Å². The minimum Gasteiger partial charge on any atom is -0.508 e. The van der Waals surface area contributed by atoms with E-state index in [2.05, 4.69) is 25.6 Å². The van der Waals surface area contributed by atoms with Crippen molar-refractivity contribution in [2.24, 2.45) is 5.16 Å². The molecular formula is C20H22N4O6. The lowest BCUT2D eigenvalue weighted by molar-refractivity contribution is 0.0947. The molecule has 10 heteroatoms. The van der Waals surface area contributed by atoms with Gasteiger partial charge in [0.15, 0.2) is 17.2 Å². The van der Waals surface area contributed by atoms with Crippen LogP contribution in [0.1, 0.15) is 48.4 Å². The molecule has 0 bridgehead atoms.